The van der Waals surface area contributed by atoms with E-state index in [1.165, 1.54) is 18.9 Å². The topological polar surface area (TPSA) is 37.4 Å². The van der Waals surface area contributed by atoms with Crippen molar-refractivity contribution in [1.82, 2.24) is 4.90 Å². The molecule has 0 rings (SSSR count). The summed E-state index contributed by atoms with van der Waals surface area (Å²) in [6.07, 6.45) is 6.03. The number of imide groups is 1. The van der Waals surface area contributed by atoms with Crippen LogP contribution >= 0.6 is 15.9 Å². The molecule has 0 radical (unpaired) electrons. The zero-order valence-corrected chi connectivity index (χ0v) is 15.5. The van der Waals surface area contributed by atoms with Crippen molar-refractivity contribution in [3.05, 3.63) is 36.5 Å². The number of halogens is 1. The van der Waals surface area contributed by atoms with Crippen molar-refractivity contribution in [1.29, 1.82) is 0 Å². The van der Waals surface area contributed by atoms with E-state index in [-0.39, 0.29) is 5.91 Å². The molecule has 0 aliphatic rings. The molecule has 0 heterocycles. The molecule has 4 heteroatoms. The van der Waals surface area contributed by atoms with E-state index in [1.807, 2.05) is 0 Å². The van der Waals surface area contributed by atoms with Gasteiger partial charge < -0.3 is 0 Å². The molecule has 2 amide bonds. The first kappa shape index (κ1) is 22.1. The van der Waals surface area contributed by atoms with E-state index in [0.717, 1.165) is 4.90 Å². The van der Waals surface area contributed by atoms with E-state index < -0.39 is 0 Å². The molecule has 0 aliphatic carbocycles. The largest absolute Gasteiger partial charge is 0.281 e. The summed E-state index contributed by atoms with van der Waals surface area (Å²) in [5.74, 6) is -0.338. The maximum Gasteiger partial charge on any atom is 0.260 e. The predicted octanol–water partition coefficient (Wildman–Crippen LogP) is 4.64. The van der Waals surface area contributed by atoms with Crippen LogP contribution in [0.1, 0.15) is 47.5 Å². The van der Waals surface area contributed by atoms with E-state index in [9.17, 15) is 9.59 Å². The summed E-state index contributed by atoms with van der Waals surface area (Å²) in [4.78, 5) is 23.3. The number of hydrogen-bond acceptors (Lipinski definition) is 2. The van der Waals surface area contributed by atoms with Gasteiger partial charge >= 0.3 is 0 Å². The van der Waals surface area contributed by atoms with Crippen molar-refractivity contribution in [2.45, 2.75) is 51.8 Å². The zero-order chi connectivity index (χ0) is 17.1. The number of hydrogen-bond donors (Lipinski definition) is 0. The minimum Gasteiger partial charge on any atom is -0.281 e. The minimum atomic E-state index is -0.338. The SMILES string of the molecule is C=C/C(C)=C(\C=C)C(=O)N(C=O)CC.CCCC(C)(C)Br. The van der Waals surface area contributed by atoms with Crippen molar-refractivity contribution in [3.63, 3.8) is 0 Å². The summed E-state index contributed by atoms with van der Waals surface area (Å²) in [5, 5.41) is 0. The van der Waals surface area contributed by atoms with E-state index in [2.05, 4.69) is 49.9 Å². The first-order valence-electron chi connectivity index (χ1n) is 7.09. The monoisotopic (exact) mass is 357 g/mol. The summed E-state index contributed by atoms with van der Waals surface area (Å²) >= 11 is 3.54. The molecule has 0 bridgehead atoms. The van der Waals surface area contributed by atoms with Crippen LogP contribution in [0.4, 0.5) is 0 Å². The van der Waals surface area contributed by atoms with Crippen LogP contribution in [-0.4, -0.2) is 28.1 Å². The molecule has 0 aromatic carbocycles. The number of amides is 2. The van der Waals surface area contributed by atoms with Crippen LogP contribution in [0.3, 0.4) is 0 Å². The van der Waals surface area contributed by atoms with Gasteiger partial charge in [0.2, 0.25) is 6.41 Å². The standard InChI is InChI=1S/C11H15NO2.C6H13Br/c1-5-9(4)10(6-2)11(14)12(7-3)8-13;1-4-5-6(2,3)7/h5-6,8H,1-2,7H2,3-4H3;4-5H2,1-3H3/b10-9+;. The van der Waals surface area contributed by atoms with Crippen LogP contribution in [0, 0.1) is 0 Å². The summed E-state index contributed by atoms with van der Waals surface area (Å²) in [6.45, 7) is 17.5. The van der Waals surface area contributed by atoms with Gasteiger partial charge in [0.25, 0.3) is 5.91 Å². The third-order valence-electron chi connectivity index (χ3n) is 2.74. The van der Waals surface area contributed by atoms with Crippen LogP contribution in [0.25, 0.3) is 0 Å². The Labute approximate surface area is 137 Å². The van der Waals surface area contributed by atoms with Gasteiger partial charge in [0.15, 0.2) is 0 Å². The lowest BCUT2D eigenvalue weighted by atomic mass is 10.1. The smallest absolute Gasteiger partial charge is 0.260 e. The Hall–Kier alpha value is -1.16. The number of carbonyl (C=O) groups is 2. The second kappa shape index (κ2) is 11.5. The summed E-state index contributed by atoms with van der Waals surface area (Å²) in [6, 6.07) is 0. The highest BCUT2D eigenvalue weighted by Gasteiger charge is 2.14. The van der Waals surface area contributed by atoms with E-state index in [0.29, 0.717) is 28.4 Å². The number of allylic oxidation sites excluding steroid dienone is 2. The van der Waals surface area contributed by atoms with Crippen molar-refractivity contribution in [2.75, 3.05) is 6.54 Å². The third kappa shape index (κ3) is 10.2. The van der Waals surface area contributed by atoms with Gasteiger partial charge in [-0.3, -0.25) is 14.5 Å². The maximum absolute atomic E-state index is 11.7. The van der Waals surface area contributed by atoms with Gasteiger partial charge in [-0.1, -0.05) is 68.4 Å². The second-order valence-electron chi connectivity index (χ2n) is 5.17. The predicted molar refractivity (Wildman–Crippen MR) is 94.5 cm³/mol. The van der Waals surface area contributed by atoms with Crippen LogP contribution in [-0.2, 0) is 9.59 Å². The van der Waals surface area contributed by atoms with E-state index in [4.69, 9.17) is 0 Å². The molecule has 0 fully saturated rings. The Morgan fingerprint density at radius 1 is 1.24 bits per heavy atom. The van der Waals surface area contributed by atoms with Crippen molar-refractivity contribution in [2.24, 2.45) is 0 Å². The van der Waals surface area contributed by atoms with Gasteiger partial charge in [0.1, 0.15) is 0 Å². The Morgan fingerprint density at radius 2 is 1.76 bits per heavy atom. The fourth-order valence-electron chi connectivity index (χ4n) is 1.54. The number of nitrogens with zero attached hydrogens (tertiary/aromatic N) is 1. The van der Waals surface area contributed by atoms with Gasteiger partial charge in [-0.15, -0.1) is 0 Å². The Kier molecular flexibility index (Phi) is 12.1. The Balaban J connectivity index is 0. The highest BCUT2D eigenvalue weighted by molar-refractivity contribution is 9.10. The normalized spacial score (nSPS) is 11.5. The molecule has 3 nitrogen and oxygen atoms in total. The minimum absolute atomic E-state index is 0.338. The molecule has 0 saturated heterocycles. The molecular formula is C17H28BrNO2. The fraction of sp³-hybridized carbons (Fsp3) is 0.529. The Morgan fingerprint density at radius 3 is 1.95 bits per heavy atom. The molecule has 0 aliphatic heterocycles. The lowest BCUT2D eigenvalue weighted by molar-refractivity contribution is -0.134. The molecule has 0 saturated carbocycles. The molecule has 0 spiro atoms. The van der Waals surface area contributed by atoms with Gasteiger partial charge in [-0.05, 0) is 25.8 Å². The Bertz CT molecular complexity index is 392. The van der Waals surface area contributed by atoms with Crippen molar-refractivity contribution < 1.29 is 9.59 Å². The molecule has 0 atom stereocenters. The van der Waals surface area contributed by atoms with Crippen LogP contribution in [0.5, 0.6) is 0 Å². The van der Waals surface area contributed by atoms with Gasteiger partial charge in [0.05, 0.1) is 0 Å². The molecule has 21 heavy (non-hydrogen) atoms. The molecule has 0 unspecified atom stereocenters. The van der Waals surface area contributed by atoms with Crippen molar-refractivity contribution >= 4 is 28.2 Å². The highest BCUT2D eigenvalue weighted by atomic mass is 79.9. The molecule has 120 valence electrons. The first-order valence-corrected chi connectivity index (χ1v) is 7.88. The average Bonchev–Trinajstić information content (AvgIpc) is 2.40. The quantitative estimate of drug-likeness (QED) is 0.288. The molecule has 0 aromatic heterocycles. The lowest BCUT2D eigenvalue weighted by Gasteiger charge is -2.14. The van der Waals surface area contributed by atoms with E-state index in [1.54, 1.807) is 19.9 Å². The van der Waals surface area contributed by atoms with Crippen LogP contribution < -0.4 is 0 Å². The molecule has 0 aromatic rings. The zero-order valence-electron chi connectivity index (χ0n) is 13.9. The van der Waals surface area contributed by atoms with Gasteiger partial charge in [-0.2, -0.15) is 0 Å². The van der Waals surface area contributed by atoms with E-state index >= 15 is 0 Å². The summed E-state index contributed by atoms with van der Waals surface area (Å²) < 4.78 is 0.363. The number of alkyl halides is 1. The van der Waals surface area contributed by atoms with Crippen LogP contribution in [0.2, 0.25) is 0 Å². The van der Waals surface area contributed by atoms with Crippen LogP contribution in [0.15, 0.2) is 36.5 Å². The third-order valence-corrected chi connectivity index (χ3v) is 3.14. The summed E-state index contributed by atoms with van der Waals surface area (Å²) in [5.41, 5.74) is 1.12. The van der Waals surface area contributed by atoms with Gasteiger partial charge in [-0.25, -0.2) is 0 Å². The lowest BCUT2D eigenvalue weighted by Crippen LogP contribution is -2.30. The van der Waals surface area contributed by atoms with Crippen molar-refractivity contribution in [3.8, 4) is 0 Å². The molecule has 0 N–H and O–H groups in total. The highest BCUT2D eigenvalue weighted by Crippen LogP contribution is 2.21. The summed E-state index contributed by atoms with van der Waals surface area (Å²) in [7, 11) is 0. The van der Waals surface area contributed by atoms with Gasteiger partial charge in [0, 0.05) is 16.4 Å². The number of rotatable bonds is 7. The fourth-order valence-corrected chi connectivity index (χ4v) is 1.94. The number of likely N-dealkylation sites (N-methyl/N-ethyl adjacent to an activating group) is 1. The average molecular weight is 358 g/mol. The maximum atomic E-state index is 11.7. The number of carbonyl (C=O) groups excluding carboxylic acids is 2. The second-order valence-corrected chi connectivity index (χ2v) is 7.32. The first-order chi connectivity index (χ1) is 9.68. The molecular weight excluding hydrogens is 330 g/mol.